The van der Waals surface area contributed by atoms with E-state index in [1.54, 1.807) is 23.1 Å². The van der Waals surface area contributed by atoms with Gasteiger partial charge < -0.3 is 0 Å². The van der Waals surface area contributed by atoms with Crippen molar-refractivity contribution in [1.82, 2.24) is 4.90 Å². The van der Waals surface area contributed by atoms with E-state index in [1.165, 1.54) is 11.8 Å². The van der Waals surface area contributed by atoms with Crippen molar-refractivity contribution in [3.63, 3.8) is 0 Å². The fraction of sp³-hybridized carbons (Fsp3) is 0.167. The molecule has 0 bridgehead atoms. The van der Waals surface area contributed by atoms with Crippen molar-refractivity contribution in [2.45, 2.75) is 0 Å². The molecule has 17 heavy (non-hydrogen) atoms. The van der Waals surface area contributed by atoms with Gasteiger partial charge in [-0.1, -0.05) is 29.4 Å². The molecule has 5 heteroatoms. The zero-order chi connectivity index (χ0) is 12.3. The highest BCUT2D eigenvalue weighted by Gasteiger charge is 2.26. The smallest absolute Gasteiger partial charge is 0.239 e. The topological polar surface area (TPSA) is 32.7 Å². The van der Waals surface area contributed by atoms with Gasteiger partial charge in [0.25, 0.3) is 0 Å². The molecule has 0 atom stereocenters. The highest BCUT2D eigenvalue weighted by atomic mass is 35.5. The third kappa shape index (κ3) is 2.90. The minimum atomic E-state index is 0.0719. The summed E-state index contributed by atoms with van der Waals surface area (Å²) in [6.07, 6.45) is 1.70. The molecule has 0 aromatic heterocycles. The van der Waals surface area contributed by atoms with Crippen LogP contribution in [0.1, 0.15) is 0 Å². The molecule has 0 saturated carbocycles. The van der Waals surface area contributed by atoms with Crippen LogP contribution in [0, 0.1) is 0 Å². The van der Waals surface area contributed by atoms with Gasteiger partial charge in [-0.05, 0) is 24.3 Å². The van der Waals surface area contributed by atoms with Crippen molar-refractivity contribution in [2.75, 3.05) is 12.3 Å². The number of rotatable bonds is 3. The lowest BCUT2D eigenvalue weighted by atomic mass is 10.3. The number of aliphatic imine (C=N–C) groups is 1. The van der Waals surface area contributed by atoms with Crippen LogP contribution in [0.4, 0.5) is 5.69 Å². The van der Waals surface area contributed by atoms with Crippen LogP contribution in [0.15, 0.2) is 41.9 Å². The molecule has 2 rings (SSSR count). The molecular weight excluding hydrogens is 256 g/mol. The molecule has 0 radical (unpaired) electrons. The first-order chi connectivity index (χ1) is 8.20. The lowest BCUT2D eigenvalue weighted by Crippen LogP contribution is -2.29. The Morgan fingerprint density at radius 1 is 1.47 bits per heavy atom. The Kier molecular flexibility index (Phi) is 3.86. The van der Waals surface area contributed by atoms with Crippen molar-refractivity contribution < 1.29 is 4.79 Å². The van der Waals surface area contributed by atoms with Crippen LogP contribution in [0.2, 0.25) is 5.02 Å². The van der Waals surface area contributed by atoms with Gasteiger partial charge in [0.1, 0.15) is 0 Å². The highest BCUT2D eigenvalue weighted by molar-refractivity contribution is 8.15. The van der Waals surface area contributed by atoms with E-state index in [4.69, 9.17) is 11.6 Å². The zero-order valence-corrected chi connectivity index (χ0v) is 10.7. The molecule has 0 aliphatic carbocycles. The number of carbonyl (C=O) groups excluding carboxylic acids is 1. The van der Waals surface area contributed by atoms with Gasteiger partial charge in [0.05, 0.1) is 11.4 Å². The summed E-state index contributed by atoms with van der Waals surface area (Å²) in [6, 6.07) is 7.20. The second kappa shape index (κ2) is 5.38. The standard InChI is InChI=1S/C12H11ClN2OS/c1-2-7-15-11(16)8-17-12(15)14-10-5-3-9(13)4-6-10/h2-6H,1,7-8H2. The average Bonchev–Trinajstić information content (AvgIpc) is 2.65. The maximum atomic E-state index is 11.6. The van der Waals surface area contributed by atoms with E-state index in [9.17, 15) is 4.79 Å². The number of amidine groups is 1. The minimum absolute atomic E-state index is 0.0719. The Balaban J connectivity index is 2.23. The van der Waals surface area contributed by atoms with E-state index in [2.05, 4.69) is 11.6 Å². The van der Waals surface area contributed by atoms with Gasteiger partial charge in [0, 0.05) is 11.6 Å². The van der Waals surface area contributed by atoms with Crippen molar-refractivity contribution in [2.24, 2.45) is 4.99 Å². The third-order valence-electron chi connectivity index (χ3n) is 2.22. The zero-order valence-electron chi connectivity index (χ0n) is 9.10. The van der Waals surface area contributed by atoms with Crippen LogP contribution < -0.4 is 0 Å². The molecule has 1 aliphatic rings. The molecule has 1 aromatic rings. The van der Waals surface area contributed by atoms with Gasteiger partial charge in [-0.2, -0.15) is 0 Å². The second-order valence-corrected chi connectivity index (χ2v) is 4.83. The van der Waals surface area contributed by atoms with Crippen LogP contribution >= 0.6 is 23.4 Å². The predicted octanol–water partition coefficient (Wildman–Crippen LogP) is 3.09. The van der Waals surface area contributed by atoms with Crippen LogP contribution in [0.5, 0.6) is 0 Å². The van der Waals surface area contributed by atoms with Crippen LogP contribution in [0.25, 0.3) is 0 Å². The summed E-state index contributed by atoms with van der Waals surface area (Å²) < 4.78 is 0. The Morgan fingerprint density at radius 2 is 2.18 bits per heavy atom. The normalized spacial score (nSPS) is 17.8. The Morgan fingerprint density at radius 3 is 2.82 bits per heavy atom. The lowest BCUT2D eigenvalue weighted by Gasteiger charge is -2.12. The van der Waals surface area contributed by atoms with E-state index in [-0.39, 0.29) is 5.91 Å². The number of thioether (sulfide) groups is 1. The lowest BCUT2D eigenvalue weighted by molar-refractivity contribution is -0.123. The fourth-order valence-electron chi connectivity index (χ4n) is 1.42. The van der Waals surface area contributed by atoms with Crippen molar-refractivity contribution >= 4 is 40.1 Å². The molecule has 1 heterocycles. The predicted molar refractivity (Wildman–Crippen MR) is 72.9 cm³/mol. The summed E-state index contributed by atoms with van der Waals surface area (Å²) in [6.45, 7) is 4.13. The minimum Gasteiger partial charge on any atom is -0.287 e. The van der Waals surface area contributed by atoms with Crippen molar-refractivity contribution in [1.29, 1.82) is 0 Å². The monoisotopic (exact) mass is 266 g/mol. The van der Waals surface area contributed by atoms with E-state index < -0.39 is 0 Å². The second-order valence-electron chi connectivity index (χ2n) is 3.45. The molecule has 1 amide bonds. The number of carbonyl (C=O) groups is 1. The first-order valence-corrected chi connectivity index (χ1v) is 6.45. The summed E-state index contributed by atoms with van der Waals surface area (Å²) in [4.78, 5) is 17.6. The fourth-order valence-corrected chi connectivity index (χ4v) is 2.45. The summed E-state index contributed by atoms with van der Waals surface area (Å²) in [7, 11) is 0. The SMILES string of the molecule is C=CCN1C(=O)CSC1=Nc1ccc(Cl)cc1. The number of halogens is 1. The van der Waals surface area contributed by atoms with Gasteiger partial charge in [0.2, 0.25) is 5.91 Å². The molecule has 88 valence electrons. The van der Waals surface area contributed by atoms with E-state index in [0.29, 0.717) is 17.3 Å². The maximum Gasteiger partial charge on any atom is 0.239 e. The molecule has 0 spiro atoms. The number of amides is 1. The Labute approximate surface area is 109 Å². The van der Waals surface area contributed by atoms with E-state index >= 15 is 0 Å². The molecule has 0 unspecified atom stereocenters. The molecule has 1 aromatic carbocycles. The Bertz CT molecular complexity index is 470. The summed E-state index contributed by atoms with van der Waals surface area (Å²) in [5.41, 5.74) is 0.792. The quantitative estimate of drug-likeness (QED) is 0.788. The highest BCUT2D eigenvalue weighted by Crippen LogP contribution is 2.24. The molecule has 1 aliphatic heterocycles. The van der Waals surface area contributed by atoms with E-state index in [1.807, 2.05) is 12.1 Å². The number of nitrogens with zero attached hydrogens (tertiary/aromatic N) is 2. The number of hydrogen-bond acceptors (Lipinski definition) is 3. The van der Waals surface area contributed by atoms with Gasteiger partial charge >= 0.3 is 0 Å². The molecule has 1 fully saturated rings. The number of hydrogen-bond donors (Lipinski definition) is 0. The van der Waals surface area contributed by atoms with Gasteiger partial charge in [0.15, 0.2) is 5.17 Å². The van der Waals surface area contributed by atoms with Crippen molar-refractivity contribution in [3.8, 4) is 0 Å². The first kappa shape index (κ1) is 12.2. The average molecular weight is 267 g/mol. The Hall–Kier alpha value is -1.26. The van der Waals surface area contributed by atoms with Crippen LogP contribution in [-0.4, -0.2) is 28.3 Å². The summed E-state index contributed by atoms with van der Waals surface area (Å²) in [5, 5.41) is 1.39. The molecular formula is C12H11ClN2OS. The van der Waals surface area contributed by atoms with Crippen LogP contribution in [0.3, 0.4) is 0 Å². The maximum absolute atomic E-state index is 11.6. The third-order valence-corrected chi connectivity index (χ3v) is 3.43. The molecule has 3 nitrogen and oxygen atoms in total. The largest absolute Gasteiger partial charge is 0.287 e. The van der Waals surface area contributed by atoms with Crippen molar-refractivity contribution in [3.05, 3.63) is 41.9 Å². The summed E-state index contributed by atoms with van der Waals surface area (Å²) in [5.74, 6) is 0.517. The number of benzene rings is 1. The van der Waals surface area contributed by atoms with Gasteiger partial charge in [-0.15, -0.1) is 6.58 Å². The summed E-state index contributed by atoms with van der Waals surface area (Å²) >= 11 is 7.24. The van der Waals surface area contributed by atoms with Crippen LogP contribution in [-0.2, 0) is 4.79 Å². The van der Waals surface area contributed by atoms with Gasteiger partial charge in [-0.3, -0.25) is 9.69 Å². The van der Waals surface area contributed by atoms with Gasteiger partial charge in [-0.25, -0.2) is 4.99 Å². The first-order valence-electron chi connectivity index (χ1n) is 5.09. The molecule has 1 saturated heterocycles. The molecule has 0 N–H and O–H groups in total. The van der Waals surface area contributed by atoms with E-state index in [0.717, 1.165) is 10.9 Å².